The molecule has 0 saturated carbocycles. The molecule has 194 valence electrons. The number of Topliss-reactive ketones (excluding diaryl/α,β-unsaturated/α-hetero) is 2. The van der Waals surface area contributed by atoms with Crippen molar-refractivity contribution in [1.29, 1.82) is 0 Å². The minimum Gasteiger partial charge on any atom is -0.299 e. The number of carbonyl (C=O) groups is 2. The zero-order valence-electron chi connectivity index (χ0n) is 22.5. The number of rotatable bonds is 20. The van der Waals surface area contributed by atoms with Crippen molar-refractivity contribution < 1.29 is 9.59 Å². The second-order valence-electron chi connectivity index (χ2n) is 10.4. The van der Waals surface area contributed by atoms with Crippen molar-refractivity contribution in [2.45, 2.75) is 129 Å². The summed E-state index contributed by atoms with van der Waals surface area (Å²) in [7, 11) is 0. The first-order valence-corrected chi connectivity index (χ1v) is 14.7. The van der Waals surface area contributed by atoms with Gasteiger partial charge in [-0.15, -0.1) is 0 Å². The molecule has 2 rings (SSSR count). The smallest absolute Gasteiger partial charge is 0.190 e. The second kappa shape index (κ2) is 18.3. The molecule has 1 aromatic carbocycles. The van der Waals surface area contributed by atoms with E-state index in [0.717, 1.165) is 37.7 Å². The highest BCUT2D eigenvalue weighted by Crippen LogP contribution is 2.34. The van der Waals surface area contributed by atoms with E-state index >= 15 is 0 Å². The van der Waals surface area contributed by atoms with E-state index in [0.29, 0.717) is 17.6 Å². The van der Waals surface area contributed by atoms with Gasteiger partial charge in [0.25, 0.3) is 0 Å². The molecule has 0 N–H and O–H groups in total. The SMILES string of the molecule is C=CC1=C(C(=O)c2ccccc2)C(C(=O)CCCCCCCCCCCCCCCCC)CCC1. The first-order valence-electron chi connectivity index (χ1n) is 14.7. The Hall–Kier alpha value is -1.96. The van der Waals surface area contributed by atoms with Crippen molar-refractivity contribution in [2.24, 2.45) is 5.92 Å². The summed E-state index contributed by atoms with van der Waals surface area (Å²) < 4.78 is 0. The Labute approximate surface area is 215 Å². The summed E-state index contributed by atoms with van der Waals surface area (Å²) in [5.41, 5.74) is 2.36. The van der Waals surface area contributed by atoms with Crippen molar-refractivity contribution >= 4 is 11.6 Å². The Balaban J connectivity index is 1.61. The predicted octanol–water partition coefficient (Wildman–Crippen LogP) is 9.98. The zero-order valence-corrected chi connectivity index (χ0v) is 22.5. The highest BCUT2D eigenvalue weighted by Gasteiger charge is 2.32. The van der Waals surface area contributed by atoms with Gasteiger partial charge in [0.1, 0.15) is 5.78 Å². The first-order chi connectivity index (χ1) is 17.2. The Morgan fingerprint density at radius 1 is 0.800 bits per heavy atom. The number of ketones is 2. The molecule has 1 atom stereocenters. The molecule has 1 aromatic rings. The van der Waals surface area contributed by atoms with Crippen LogP contribution in [0.4, 0.5) is 0 Å². The topological polar surface area (TPSA) is 34.1 Å². The second-order valence-corrected chi connectivity index (χ2v) is 10.4. The van der Waals surface area contributed by atoms with Gasteiger partial charge in [0, 0.05) is 23.5 Å². The van der Waals surface area contributed by atoms with Crippen LogP contribution < -0.4 is 0 Å². The van der Waals surface area contributed by atoms with Crippen LogP contribution in [0, 0.1) is 5.92 Å². The standard InChI is InChI=1S/C33H50O2/c1-3-5-6-7-8-9-10-11-12-13-14-15-16-17-21-27-31(34)30-26-22-25-28(4-2)32(30)33(35)29-23-19-18-20-24-29/h4,18-20,23-24,30H,2-3,5-17,21-22,25-27H2,1H3. The fraction of sp³-hybridized carbons (Fsp3) is 0.636. The largest absolute Gasteiger partial charge is 0.299 e. The molecule has 0 aromatic heterocycles. The molecular formula is C33H50O2. The molecule has 0 amide bonds. The summed E-state index contributed by atoms with van der Waals surface area (Å²) in [6.45, 7) is 6.21. The molecule has 1 unspecified atom stereocenters. The van der Waals surface area contributed by atoms with Crippen LogP contribution in [0.2, 0.25) is 0 Å². The van der Waals surface area contributed by atoms with Crippen LogP contribution in [0.25, 0.3) is 0 Å². The lowest BCUT2D eigenvalue weighted by Gasteiger charge is -2.26. The van der Waals surface area contributed by atoms with Crippen molar-refractivity contribution in [1.82, 2.24) is 0 Å². The molecule has 0 fully saturated rings. The van der Waals surface area contributed by atoms with Crippen molar-refractivity contribution in [3.8, 4) is 0 Å². The minimum absolute atomic E-state index is 0.00930. The maximum absolute atomic E-state index is 13.2. The van der Waals surface area contributed by atoms with Crippen LogP contribution in [0.5, 0.6) is 0 Å². The van der Waals surface area contributed by atoms with Gasteiger partial charge in [-0.05, 0) is 31.3 Å². The highest BCUT2D eigenvalue weighted by atomic mass is 16.1. The van der Waals surface area contributed by atoms with Crippen molar-refractivity contribution in [3.05, 3.63) is 59.7 Å². The van der Waals surface area contributed by atoms with Gasteiger partial charge in [0.15, 0.2) is 5.78 Å². The molecule has 2 heteroatoms. The number of hydrogen-bond donors (Lipinski definition) is 0. The molecule has 2 nitrogen and oxygen atoms in total. The van der Waals surface area contributed by atoms with Crippen LogP contribution in [-0.2, 0) is 4.79 Å². The highest BCUT2D eigenvalue weighted by molar-refractivity contribution is 6.12. The Bertz CT molecular complexity index is 774. The van der Waals surface area contributed by atoms with Gasteiger partial charge < -0.3 is 0 Å². The van der Waals surface area contributed by atoms with Crippen molar-refractivity contribution in [2.75, 3.05) is 0 Å². The summed E-state index contributed by atoms with van der Waals surface area (Å²) >= 11 is 0. The Morgan fingerprint density at radius 3 is 1.83 bits per heavy atom. The van der Waals surface area contributed by atoms with E-state index in [1.54, 1.807) is 6.08 Å². The van der Waals surface area contributed by atoms with E-state index < -0.39 is 0 Å². The van der Waals surface area contributed by atoms with Gasteiger partial charge >= 0.3 is 0 Å². The fourth-order valence-electron chi connectivity index (χ4n) is 5.43. The maximum Gasteiger partial charge on any atom is 0.190 e. The average Bonchev–Trinajstić information content (AvgIpc) is 2.90. The number of unbranched alkanes of at least 4 members (excludes halogenated alkanes) is 14. The third-order valence-electron chi connectivity index (χ3n) is 7.58. The van der Waals surface area contributed by atoms with E-state index in [1.807, 2.05) is 30.3 Å². The number of carbonyl (C=O) groups excluding carboxylic acids is 2. The van der Waals surface area contributed by atoms with Gasteiger partial charge in [-0.3, -0.25) is 9.59 Å². The maximum atomic E-state index is 13.2. The quantitative estimate of drug-likeness (QED) is 0.138. The number of benzene rings is 1. The minimum atomic E-state index is -0.254. The fourth-order valence-corrected chi connectivity index (χ4v) is 5.43. The van der Waals surface area contributed by atoms with Gasteiger partial charge in [-0.2, -0.15) is 0 Å². The van der Waals surface area contributed by atoms with Crippen molar-refractivity contribution in [3.63, 3.8) is 0 Å². The van der Waals surface area contributed by atoms with Gasteiger partial charge in [-0.1, -0.05) is 140 Å². The van der Waals surface area contributed by atoms with Crippen LogP contribution >= 0.6 is 0 Å². The third kappa shape index (κ3) is 11.1. The lowest BCUT2D eigenvalue weighted by Crippen LogP contribution is -2.26. The summed E-state index contributed by atoms with van der Waals surface area (Å²) in [6.07, 6.45) is 24.9. The molecule has 0 radical (unpaired) electrons. The van der Waals surface area contributed by atoms with E-state index in [9.17, 15) is 9.59 Å². The third-order valence-corrected chi connectivity index (χ3v) is 7.58. The van der Waals surface area contributed by atoms with E-state index in [1.165, 1.54) is 83.5 Å². The lowest BCUT2D eigenvalue weighted by molar-refractivity contribution is -0.122. The average molecular weight is 479 g/mol. The van der Waals surface area contributed by atoms with Gasteiger partial charge in [-0.25, -0.2) is 0 Å². The summed E-state index contributed by atoms with van der Waals surface area (Å²) in [5.74, 6) is 0.00386. The molecule has 1 aliphatic carbocycles. The molecule has 0 spiro atoms. The summed E-state index contributed by atoms with van der Waals surface area (Å²) in [4.78, 5) is 26.4. The lowest BCUT2D eigenvalue weighted by atomic mass is 9.76. The van der Waals surface area contributed by atoms with Crippen LogP contribution in [0.15, 0.2) is 54.1 Å². The number of allylic oxidation sites excluding steroid dienone is 3. The normalized spacial score (nSPS) is 15.9. The van der Waals surface area contributed by atoms with E-state index in [2.05, 4.69) is 13.5 Å². The molecule has 0 bridgehead atoms. The van der Waals surface area contributed by atoms with Gasteiger partial charge in [0.2, 0.25) is 0 Å². The van der Waals surface area contributed by atoms with Crippen LogP contribution in [-0.4, -0.2) is 11.6 Å². The van der Waals surface area contributed by atoms with E-state index in [-0.39, 0.29) is 17.5 Å². The molecule has 0 aliphatic heterocycles. The Morgan fingerprint density at radius 2 is 1.31 bits per heavy atom. The predicted molar refractivity (Wildman–Crippen MR) is 150 cm³/mol. The van der Waals surface area contributed by atoms with Crippen LogP contribution in [0.3, 0.4) is 0 Å². The molecule has 0 heterocycles. The molecule has 0 saturated heterocycles. The first kappa shape index (κ1) is 29.3. The number of hydrogen-bond acceptors (Lipinski definition) is 2. The zero-order chi connectivity index (χ0) is 25.1. The Kier molecular flexibility index (Phi) is 15.3. The molecule has 35 heavy (non-hydrogen) atoms. The monoisotopic (exact) mass is 478 g/mol. The summed E-state index contributed by atoms with van der Waals surface area (Å²) in [5, 5.41) is 0. The van der Waals surface area contributed by atoms with E-state index in [4.69, 9.17) is 0 Å². The van der Waals surface area contributed by atoms with Crippen LogP contribution in [0.1, 0.15) is 139 Å². The van der Waals surface area contributed by atoms with Gasteiger partial charge in [0.05, 0.1) is 0 Å². The molecular weight excluding hydrogens is 428 g/mol. The summed E-state index contributed by atoms with van der Waals surface area (Å²) in [6, 6.07) is 9.38. The molecule has 1 aliphatic rings.